The zero-order chi connectivity index (χ0) is 8.39. The Balaban J connectivity index is 2.42. The third-order valence-electron chi connectivity index (χ3n) is 2.12. The predicted molar refractivity (Wildman–Crippen MR) is 55.0 cm³/mol. The van der Waals surface area contributed by atoms with E-state index >= 15 is 0 Å². The fourth-order valence-corrected chi connectivity index (χ4v) is 2.52. The van der Waals surface area contributed by atoms with Crippen molar-refractivity contribution in [3.05, 3.63) is 23.8 Å². The summed E-state index contributed by atoms with van der Waals surface area (Å²) in [6, 6.07) is 6.50. The highest BCUT2D eigenvalue weighted by Gasteiger charge is 2.08. The number of benzene rings is 1. The van der Waals surface area contributed by atoms with E-state index in [1.807, 2.05) is 11.8 Å². The Morgan fingerprint density at radius 1 is 1.42 bits per heavy atom. The third kappa shape index (κ3) is 1.44. The van der Waals surface area contributed by atoms with E-state index in [-0.39, 0.29) is 0 Å². The molecule has 0 atom stereocenters. The molecule has 0 bridgehead atoms. The van der Waals surface area contributed by atoms with Crippen LogP contribution >= 0.6 is 11.8 Å². The lowest BCUT2D eigenvalue weighted by Crippen LogP contribution is -2.01. The molecule has 2 rings (SSSR count). The summed E-state index contributed by atoms with van der Waals surface area (Å²) >= 11 is 1.96. The number of fused-ring (bicyclic) bond motifs is 1. The molecule has 1 aliphatic rings. The zero-order valence-electron chi connectivity index (χ0n) is 7.26. The molecule has 0 amide bonds. The van der Waals surface area contributed by atoms with Crippen molar-refractivity contribution in [1.29, 1.82) is 0 Å². The van der Waals surface area contributed by atoms with Crippen LogP contribution < -0.4 is 5.32 Å². The average molecular weight is 179 g/mol. The number of thioether (sulfide) groups is 1. The topological polar surface area (TPSA) is 12.0 Å². The van der Waals surface area contributed by atoms with Crippen molar-refractivity contribution >= 4 is 17.4 Å². The minimum absolute atomic E-state index is 1.12. The van der Waals surface area contributed by atoms with Crippen molar-refractivity contribution in [3.63, 3.8) is 0 Å². The van der Waals surface area contributed by atoms with Gasteiger partial charge >= 0.3 is 0 Å². The molecule has 64 valence electrons. The Kier molecular flexibility index (Phi) is 2.26. The van der Waals surface area contributed by atoms with E-state index in [2.05, 4.69) is 30.4 Å². The predicted octanol–water partition coefficient (Wildman–Crippen LogP) is 2.90. The van der Waals surface area contributed by atoms with Crippen molar-refractivity contribution in [1.82, 2.24) is 0 Å². The van der Waals surface area contributed by atoms with Crippen LogP contribution in [0.25, 0.3) is 0 Å². The van der Waals surface area contributed by atoms with E-state index in [1.165, 1.54) is 28.3 Å². The highest BCUT2D eigenvalue weighted by molar-refractivity contribution is 7.99. The van der Waals surface area contributed by atoms with Gasteiger partial charge in [0.2, 0.25) is 0 Å². The Labute approximate surface area is 77.6 Å². The van der Waals surface area contributed by atoms with Crippen LogP contribution in [-0.2, 0) is 0 Å². The summed E-state index contributed by atoms with van der Waals surface area (Å²) in [6.45, 7) is 3.28. The first-order valence-electron chi connectivity index (χ1n) is 4.34. The van der Waals surface area contributed by atoms with Crippen molar-refractivity contribution in [2.24, 2.45) is 0 Å². The lowest BCUT2D eigenvalue weighted by atomic mass is 10.2. The first kappa shape index (κ1) is 7.99. The van der Waals surface area contributed by atoms with E-state index in [0.717, 1.165) is 6.54 Å². The maximum Gasteiger partial charge on any atom is 0.0508 e. The minimum Gasteiger partial charge on any atom is -0.384 e. The Morgan fingerprint density at radius 2 is 2.33 bits per heavy atom. The number of aryl methyl sites for hydroxylation is 1. The molecule has 0 spiro atoms. The van der Waals surface area contributed by atoms with Gasteiger partial charge in [0.25, 0.3) is 0 Å². The van der Waals surface area contributed by atoms with Crippen LogP contribution in [0, 0.1) is 6.92 Å². The van der Waals surface area contributed by atoms with Crippen LogP contribution in [-0.4, -0.2) is 12.3 Å². The van der Waals surface area contributed by atoms with Gasteiger partial charge in [-0.05, 0) is 30.7 Å². The number of hydrogen-bond acceptors (Lipinski definition) is 2. The Morgan fingerprint density at radius 3 is 3.25 bits per heavy atom. The average Bonchev–Trinajstić information content (AvgIpc) is 2.30. The van der Waals surface area contributed by atoms with E-state index in [0.29, 0.717) is 0 Å². The second kappa shape index (κ2) is 3.40. The minimum atomic E-state index is 1.12. The van der Waals surface area contributed by atoms with Gasteiger partial charge in [0.05, 0.1) is 5.69 Å². The van der Waals surface area contributed by atoms with E-state index in [4.69, 9.17) is 0 Å². The van der Waals surface area contributed by atoms with Crippen LogP contribution in [0.4, 0.5) is 5.69 Å². The summed E-state index contributed by atoms with van der Waals surface area (Å²) < 4.78 is 0. The van der Waals surface area contributed by atoms with Crippen LogP contribution in [0.3, 0.4) is 0 Å². The van der Waals surface area contributed by atoms with Gasteiger partial charge in [-0.2, -0.15) is 0 Å². The molecule has 0 aliphatic carbocycles. The molecule has 1 aliphatic heterocycles. The second-order valence-corrected chi connectivity index (χ2v) is 4.21. The standard InChI is InChI=1S/C10H13NS/c1-8-4-2-5-9-10(8)11-6-3-7-12-9/h2,4-5,11H,3,6-7H2,1H3. The van der Waals surface area contributed by atoms with Crippen molar-refractivity contribution in [2.75, 3.05) is 17.6 Å². The smallest absolute Gasteiger partial charge is 0.0508 e. The molecule has 1 aromatic carbocycles. The molecule has 0 unspecified atom stereocenters. The molecule has 0 radical (unpaired) electrons. The molecule has 0 saturated heterocycles. The van der Waals surface area contributed by atoms with Crippen LogP contribution in [0.15, 0.2) is 23.1 Å². The molecule has 0 aromatic heterocycles. The van der Waals surface area contributed by atoms with E-state index in [1.54, 1.807) is 0 Å². The summed E-state index contributed by atoms with van der Waals surface area (Å²) in [5, 5.41) is 3.47. The number of para-hydroxylation sites is 1. The lowest BCUT2D eigenvalue weighted by molar-refractivity contribution is 0.997. The number of rotatable bonds is 0. The molecule has 0 saturated carbocycles. The largest absolute Gasteiger partial charge is 0.384 e. The molecule has 1 heterocycles. The quantitative estimate of drug-likeness (QED) is 0.657. The Hall–Kier alpha value is -0.630. The molecule has 1 N–H and O–H groups in total. The summed E-state index contributed by atoms with van der Waals surface area (Å²) in [7, 11) is 0. The van der Waals surface area contributed by atoms with Crippen LogP contribution in [0.2, 0.25) is 0 Å². The first-order valence-corrected chi connectivity index (χ1v) is 5.33. The highest BCUT2D eigenvalue weighted by atomic mass is 32.2. The van der Waals surface area contributed by atoms with E-state index in [9.17, 15) is 0 Å². The molecule has 1 aromatic rings. The van der Waals surface area contributed by atoms with Gasteiger partial charge in [-0.25, -0.2) is 0 Å². The summed E-state index contributed by atoms with van der Waals surface area (Å²) in [6.07, 6.45) is 1.26. The SMILES string of the molecule is Cc1cccc2c1NCCCS2. The lowest BCUT2D eigenvalue weighted by Gasteiger charge is -2.09. The van der Waals surface area contributed by atoms with Gasteiger partial charge in [-0.15, -0.1) is 11.8 Å². The maximum atomic E-state index is 3.47. The molecule has 2 heteroatoms. The summed E-state index contributed by atoms with van der Waals surface area (Å²) in [5.41, 5.74) is 2.71. The third-order valence-corrected chi connectivity index (χ3v) is 3.26. The van der Waals surface area contributed by atoms with Gasteiger partial charge in [0.1, 0.15) is 0 Å². The van der Waals surface area contributed by atoms with Gasteiger partial charge < -0.3 is 5.32 Å². The van der Waals surface area contributed by atoms with Crippen molar-refractivity contribution < 1.29 is 0 Å². The maximum absolute atomic E-state index is 3.47. The summed E-state index contributed by atoms with van der Waals surface area (Å²) in [5.74, 6) is 1.24. The molecule has 1 nitrogen and oxygen atoms in total. The normalized spacial score (nSPS) is 16.1. The van der Waals surface area contributed by atoms with Gasteiger partial charge in [0, 0.05) is 11.4 Å². The fourth-order valence-electron chi connectivity index (χ4n) is 1.46. The second-order valence-electron chi connectivity index (χ2n) is 3.08. The monoisotopic (exact) mass is 179 g/mol. The Bertz CT molecular complexity index is 283. The van der Waals surface area contributed by atoms with Crippen molar-refractivity contribution in [2.45, 2.75) is 18.2 Å². The molecule has 12 heavy (non-hydrogen) atoms. The molecule has 0 fully saturated rings. The highest BCUT2D eigenvalue weighted by Crippen LogP contribution is 2.32. The van der Waals surface area contributed by atoms with Gasteiger partial charge in [-0.1, -0.05) is 12.1 Å². The molecular weight excluding hydrogens is 166 g/mol. The van der Waals surface area contributed by atoms with Crippen molar-refractivity contribution in [3.8, 4) is 0 Å². The fraction of sp³-hybridized carbons (Fsp3) is 0.400. The van der Waals surface area contributed by atoms with Gasteiger partial charge in [0.15, 0.2) is 0 Å². The van der Waals surface area contributed by atoms with Crippen LogP contribution in [0.5, 0.6) is 0 Å². The zero-order valence-corrected chi connectivity index (χ0v) is 8.08. The van der Waals surface area contributed by atoms with Gasteiger partial charge in [-0.3, -0.25) is 0 Å². The number of hydrogen-bond donors (Lipinski definition) is 1. The van der Waals surface area contributed by atoms with Crippen LogP contribution in [0.1, 0.15) is 12.0 Å². The number of anilines is 1. The number of nitrogens with one attached hydrogen (secondary N) is 1. The molecular formula is C10H13NS. The summed E-state index contributed by atoms with van der Waals surface area (Å²) in [4.78, 5) is 1.41. The van der Waals surface area contributed by atoms with E-state index < -0.39 is 0 Å². The first-order chi connectivity index (χ1) is 5.88.